The zero-order valence-corrected chi connectivity index (χ0v) is 13.8. The standard InChI is InChI=1S/C19H21N5/c1-15-5-7-16(8-6-15)17-4-2-3-10-24(17)19-12-18(21-13-22-19)23-11-9-20-14-23/h5-9,11-14,17H,2-4,10H2,1H3. The van der Waals surface area contributed by atoms with Gasteiger partial charge < -0.3 is 4.90 Å². The van der Waals surface area contributed by atoms with Gasteiger partial charge in [-0.05, 0) is 31.7 Å². The number of piperidine rings is 1. The molecule has 1 unspecified atom stereocenters. The van der Waals surface area contributed by atoms with E-state index in [2.05, 4.69) is 51.0 Å². The molecule has 1 aliphatic rings. The first kappa shape index (κ1) is 14.9. The van der Waals surface area contributed by atoms with Gasteiger partial charge in [-0.2, -0.15) is 0 Å². The first-order valence-corrected chi connectivity index (χ1v) is 8.45. The zero-order valence-electron chi connectivity index (χ0n) is 13.8. The van der Waals surface area contributed by atoms with Crippen molar-refractivity contribution in [1.82, 2.24) is 19.5 Å². The van der Waals surface area contributed by atoms with E-state index in [1.807, 2.05) is 16.8 Å². The number of imidazole rings is 1. The second-order valence-corrected chi connectivity index (χ2v) is 6.32. The third-order valence-corrected chi connectivity index (χ3v) is 4.67. The molecule has 0 amide bonds. The van der Waals surface area contributed by atoms with Gasteiger partial charge >= 0.3 is 0 Å². The minimum atomic E-state index is 0.380. The Kier molecular flexibility index (Phi) is 3.99. The molecule has 5 nitrogen and oxygen atoms in total. The maximum absolute atomic E-state index is 4.55. The molecule has 24 heavy (non-hydrogen) atoms. The van der Waals surface area contributed by atoms with E-state index < -0.39 is 0 Å². The fourth-order valence-electron chi connectivity index (χ4n) is 3.37. The molecule has 3 heterocycles. The number of aryl methyl sites for hydroxylation is 1. The van der Waals surface area contributed by atoms with E-state index in [4.69, 9.17) is 0 Å². The molecule has 1 atom stereocenters. The minimum absolute atomic E-state index is 0.380. The van der Waals surface area contributed by atoms with Gasteiger partial charge in [-0.15, -0.1) is 0 Å². The summed E-state index contributed by atoms with van der Waals surface area (Å²) in [6.07, 6.45) is 10.7. The molecular weight excluding hydrogens is 298 g/mol. The highest BCUT2D eigenvalue weighted by Crippen LogP contribution is 2.34. The molecule has 122 valence electrons. The Morgan fingerprint density at radius 1 is 1.04 bits per heavy atom. The number of rotatable bonds is 3. The smallest absolute Gasteiger partial charge is 0.143 e. The molecule has 5 heteroatoms. The molecule has 0 spiro atoms. The van der Waals surface area contributed by atoms with Crippen LogP contribution in [-0.4, -0.2) is 26.1 Å². The summed E-state index contributed by atoms with van der Waals surface area (Å²) in [6, 6.07) is 11.3. The van der Waals surface area contributed by atoms with Crippen LogP contribution in [0.3, 0.4) is 0 Å². The predicted molar refractivity (Wildman–Crippen MR) is 94.3 cm³/mol. The highest BCUT2D eigenvalue weighted by atomic mass is 15.2. The summed E-state index contributed by atoms with van der Waals surface area (Å²) in [6.45, 7) is 3.16. The van der Waals surface area contributed by atoms with Crippen molar-refractivity contribution in [2.45, 2.75) is 32.2 Å². The van der Waals surface area contributed by atoms with Crippen LogP contribution in [0.1, 0.15) is 36.4 Å². The Bertz CT molecular complexity index is 795. The highest BCUT2D eigenvalue weighted by Gasteiger charge is 2.25. The van der Waals surface area contributed by atoms with Crippen LogP contribution in [0.2, 0.25) is 0 Å². The van der Waals surface area contributed by atoms with E-state index in [0.717, 1.165) is 24.6 Å². The van der Waals surface area contributed by atoms with E-state index in [9.17, 15) is 0 Å². The zero-order chi connectivity index (χ0) is 16.4. The van der Waals surface area contributed by atoms with Crippen LogP contribution in [0, 0.1) is 6.92 Å². The van der Waals surface area contributed by atoms with Crippen LogP contribution >= 0.6 is 0 Å². The Balaban J connectivity index is 1.68. The number of hydrogen-bond donors (Lipinski definition) is 0. The molecule has 1 fully saturated rings. The van der Waals surface area contributed by atoms with Crippen molar-refractivity contribution in [3.8, 4) is 5.82 Å². The lowest BCUT2D eigenvalue weighted by molar-refractivity contribution is 0.469. The Labute approximate surface area is 142 Å². The fraction of sp³-hybridized carbons (Fsp3) is 0.316. The van der Waals surface area contributed by atoms with E-state index in [1.54, 1.807) is 18.9 Å². The summed E-state index contributed by atoms with van der Waals surface area (Å²) in [7, 11) is 0. The largest absolute Gasteiger partial charge is 0.349 e. The van der Waals surface area contributed by atoms with Crippen molar-refractivity contribution in [2.24, 2.45) is 0 Å². The number of hydrogen-bond acceptors (Lipinski definition) is 4. The van der Waals surface area contributed by atoms with Crippen LogP contribution < -0.4 is 4.90 Å². The third kappa shape index (κ3) is 2.89. The lowest BCUT2D eigenvalue weighted by Crippen LogP contribution is -2.34. The summed E-state index contributed by atoms with van der Waals surface area (Å²) >= 11 is 0. The van der Waals surface area contributed by atoms with E-state index in [-0.39, 0.29) is 0 Å². The molecule has 0 saturated carbocycles. The number of nitrogens with zero attached hydrogens (tertiary/aromatic N) is 5. The third-order valence-electron chi connectivity index (χ3n) is 4.67. The van der Waals surface area contributed by atoms with Gasteiger partial charge in [-0.25, -0.2) is 15.0 Å². The summed E-state index contributed by atoms with van der Waals surface area (Å²) in [4.78, 5) is 15.4. The maximum Gasteiger partial charge on any atom is 0.143 e. The van der Waals surface area contributed by atoms with Crippen molar-refractivity contribution in [1.29, 1.82) is 0 Å². The van der Waals surface area contributed by atoms with Gasteiger partial charge in [-0.1, -0.05) is 29.8 Å². The molecule has 0 N–H and O–H groups in total. The number of benzene rings is 1. The molecule has 0 aliphatic carbocycles. The van der Waals surface area contributed by atoms with Crippen molar-refractivity contribution >= 4 is 5.82 Å². The predicted octanol–water partition coefficient (Wildman–Crippen LogP) is 3.70. The van der Waals surface area contributed by atoms with Gasteiger partial charge in [-0.3, -0.25) is 4.57 Å². The van der Waals surface area contributed by atoms with Gasteiger partial charge in [0.15, 0.2) is 0 Å². The lowest BCUT2D eigenvalue weighted by Gasteiger charge is -2.37. The van der Waals surface area contributed by atoms with Crippen LogP contribution in [0.5, 0.6) is 0 Å². The van der Waals surface area contributed by atoms with Crippen molar-refractivity contribution < 1.29 is 0 Å². The first-order chi connectivity index (χ1) is 11.8. The topological polar surface area (TPSA) is 46.8 Å². The first-order valence-electron chi connectivity index (χ1n) is 8.45. The van der Waals surface area contributed by atoms with Crippen molar-refractivity contribution in [2.75, 3.05) is 11.4 Å². The molecule has 0 radical (unpaired) electrons. The molecule has 1 aromatic carbocycles. The van der Waals surface area contributed by atoms with E-state index >= 15 is 0 Å². The van der Waals surface area contributed by atoms with Crippen LogP contribution in [-0.2, 0) is 0 Å². The molecule has 4 rings (SSSR count). The second kappa shape index (κ2) is 6.43. The molecule has 3 aromatic rings. The van der Waals surface area contributed by atoms with Gasteiger partial charge in [0.05, 0.1) is 6.04 Å². The SMILES string of the molecule is Cc1ccc(C2CCCCN2c2cc(-n3ccnc3)ncn2)cc1. The van der Waals surface area contributed by atoms with Gasteiger partial charge in [0, 0.05) is 25.0 Å². The van der Waals surface area contributed by atoms with E-state index in [1.165, 1.54) is 24.0 Å². The van der Waals surface area contributed by atoms with Crippen LogP contribution in [0.15, 0.2) is 55.4 Å². The normalized spacial score (nSPS) is 17.9. The fourth-order valence-corrected chi connectivity index (χ4v) is 3.37. The quantitative estimate of drug-likeness (QED) is 0.738. The van der Waals surface area contributed by atoms with Crippen molar-refractivity contribution in [3.63, 3.8) is 0 Å². The Hall–Kier alpha value is -2.69. The molecule has 1 aliphatic heterocycles. The Morgan fingerprint density at radius 2 is 1.88 bits per heavy atom. The number of aromatic nitrogens is 4. The summed E-state index contributed by atoms with van der Waals surface area (Å²) in [5, 5.41) is 0. The monoisotopic (exact) mass is 319 g/mol. The highest BCUT2D eigenvalue weighted by molar-refractivity contribution is 5.47. The average Bonchev–Trinajstić information content (AvgIpc) is 3.17. The number of anilines is 1. The molecule has 1 saturated heterocycles. The van der Waals surface area contributed by atoms with Gasteiger partial charge in [0.1, 0.15) is 24.3 Å². The van der Waals surface area contributed by atoms with Crippen molar-refractivity contribution in [3.05, 3.63) is 66.5 Å². The summed E-state index contributed by atoms with van der Waals surface area (Å²) in [5.41, 5.74) is 2.66. The average molecular weight is 319 g/mol. The minimum Gasteiger partial charge on any atom is -0.349 e. The Morgan fingerprint density at radius 3 is 2.67 bits per heavy atom. The van der Waals surface area contributed by atoms with Gasteiger partial charge in [0.25, 0.3) is 0 Å². The second-order valence-electron chi connectivity index (χ2n) is 6.32. The van der Waals surface area contributed by atoms with E-state index in [0.29, 0.717) is 6.04 Å². The molecule has 0 bridgehead atoms. The molecule has 2 aromatic heterocycles. The summed E-state index contributed by atoms with van der Waals surface area (Å²) < 4.78 is 1.91. The molecular formula is C19H21N5. The van der Waals surface area contributed by atoms with Crippen LogP contribution in [0.4, 0.5) is 5.82 Å². The maximum atomic E-state index is 4.55. The lowest BCUT2D eigenvalue weighted by atomic mass is 9.94. The van der Waals surface area contributed by atoms with Gasteiger partial charge in [0.2, 0.25) is 0 Å². The van der Waals surface area contributed by atoms with Crippen LogP contribution in [0.25, 0.3) is 5.82 Å². The summed E-state index contributed by atoms with van der Waals surface area (Å²) in [5.74, 6) is 1.84.